The van der Waals surface area contributed by atoms with Crippen LogP contribution in [0.1, 0.15) is 30.4 Å². The first-order chi connectivity index (χ1) is 12.0. The van der Waals surface area contributed by atoms with Crippen LogP contribution in [0.25, 0.3) is 0 Å². The van der Waals surface area contributed by atoms with E-state index in [1.54, 1.807) is 11.0 Å². The van der Waals surface area contributed by atoms with Crippen molar-refractivity contribution in [2.45, 2.75) is 37.5 Å². The van der Waals surface area contributed by atoms with Gasteiger partial charge in [0.25, 0.3) is 0 Å². The van der Waals surface area contributed by atoms with Crippen molar-refractivity contribution in [1.82, 2.24) is 0 Å². The van der Waals surface area contributed by atoms with Crippen LogP contribution >= 0.6 is 0 Å². The lowest BCUT2D eigenvalue weighted by Crippen LogP contribution is -2.34. The Bertz CT molecular complexity index is 906. The van der Waals surface area contributed by atoms with Gasteiger partial charge in [-0.1, -0.05) is 30.3 Å². The molecule has 0 bridgehead atoms. The molecule has 25 heavy (non-hydrogen) atoms. The average molecular weight is 356 g/mol. The van der Waals surface area contributed by atoms with E-state index in [1.165, 1.54) is 0 Å². The molecule has 1 aliphatic carbocycles. The third-order valence-electron chi connectivity index (χ3n) is 4.69. The third kappa shape index (κ3) is 3.39. The maximum absolute atomic E-state index is 12.4. The van der Waals surface area contributed by atoms with Crippen molar-refractivity contribution < 1.29 is 13.2 Å². The molecule has 2 aliphatic rings. The van der Waals surface area contributed by atoms with Gasteiger partial charge in [0.1, 0.15) is 0 Å². The molecule has 0 radical (unpaired) electrons. The number of hydrogen-bond acceptors (Lipinski definition) is 3. The number of aryl methyl sites for hydroxylation is 1. The number of carbonyl (C=O) groups is 1. The number of nitrogens with zero attached hydrogens (tertiary/aromatic N) is 1. The van der Waals surface area contributed by atoms with Crippen LogP contribution in [0.15, 0.2) is 48.5 Å². The van der Waals surface area contributed by atoms with E-state index in [0.29, 0.717) is 25.1 Å². The molecule has 0 saturated heterocycles. The molecule has 6 heteroatoms. The fourth-order valence-electron chi connectivity index (χ4n) is 3.19. The first-order valence-electron chi connectivity index (χ1n) is 8.52. The number of anilines is 2. The average Bonchev–Trinajstić information content (AvgIpc) is 3.44. The smallest absolute Gasteiger partial charge is 0.235 e. The van der Waals surface area contributed by atoms with Gasteiger partial charge in [0, 0.05) is 17.8 Å². The minimum absolute atomic E-state index is 0.0997. The molecule has 1 aliphatic heterocycles. The van der Waals surface area contributed by atoms with E-state index in [1.807, 2.05) is 42.5 Å². The molecular weight excluding hydrogens is 336 g/mol. The van der Waals surface area contributed by atoms with Crippen LogP contribution in [0.5, 0.6) is 0 Å². The van der Waals surface area contributed by atoms with Crippen molar-refractivity contribution in [3.63, 3.8) is 0 Å². The fourth-order valence-corrected chi connectivity index (χ4v) is 4.57. The second kappa shape index (κ2) is 6.19. The van der Waals surface area contributed by atoms with Crippen LogP contribution in [0.3, 0.4) is 0 Å². The summed E-state index contributed by atoms with van der Waals surface area (Å²) >= 11 is 0. The van der Waals surface area contributed by atoms with E-state index in [9.17, 15) is 13.2 Å². The molecule has 0 spiro atoms. The Morgan fingerprint density at radius 3 is 2.52 bits per heavy atom. The number of benzene rings is 2. The van der Waals surface area contributed by atoms with Gasteiger partial charge in [0.15, 0.2) is 0 Å². The number of nitrogens with one attached hydrogen (secondary N) is 1. The second-order valence-electron chi connectivity index (χ2n) is 6.66. The van der Waals surface area contributed by atoms with E-state index in [-0.39, 0.29) is 11.2 Å². The lowest BCUT2D eigenvalue weighted by Gasteiger charge is -2.30. The summed E-state index contributed by atoms with van der Waals surface area (Å²) in [5.74, 6) is 0.0997. The summed E-state index contributed by atoms with van der Waals surface area (Å²) in [6.45, 7) is 0.528. The Balaban J connectivity index is 1.60. The van der Waals surface area contributed by atoms with Gasteiger partial charge in [0.05, 0.1) is 11.8 Å². The Kier molecular flexibility index (Phi) is 4.00. The van der Waals surface area contributed by atoms with Gasteiger partial charge in [-0.2, -0.15) is 0 Å². The van der Waals surface area contributed by atoms with E-state index in [4.69, 9.17) is 0 Å². The molecule has 1 amide bonds. The van der Waals surface area contributed by atoms with Crippen molar-refractivity contribution in [3.05, 3.63) is 59.7 Å². The predicted molar refractivity (Wildman–Crippen MR) is 98.0 cm³/mol. The SMILES string of the molecule is O=C1CCc2cc(NS(=O)(=O)C3CC3)ccc2N1Cc1ccccc1. The highest BCUT2D eigenvalue weighted by Gasteiger charge is 2.36. The number of fused-ring (bicyclic) bond motifs is 1. The number of sulfonamides is 1. The van der Waals surface area contributed by atoms with Crippen LogP contribution in [0.2, 0.25) is 0 Å². The second-order valence-corrected chi connectivity index (χ2v) is 8.62. The molecule has 5 nitrogen and oxygen atoms in total. The summed E-state index contributed by atoms with van der Waals surface area (Å²) in [5.41, 5.74) is 3.53. The molecule has 1 saturated carbocycles. The molecule has 130 valence electrons. The number of carbonyl (C=O) groups excluding carboxylic acids is 1. The van der Waals surface area contributed by atoms with Crippen molar-refractivity contribution in [2.24, 2.45) is 0 Å². The van der Waals surface area contributed by atoms with Crippen LogP contribution in [0.4, 0.5) is 11.4 Å². The number of amides is 1. The van der Waals surface area contributed by atoms with Gasteiger partial charge < -0.3 is 4.90 Å². The Morgan fingerprint density at radius 2 is 1.80 bits per heavy atom. The summed E-state index contributed by atoms with van der Waals surface area (Å²) in [4.78, 5) is 14.2. The van der Waals surface area contributed by atoms with E-state index >= 15 is 0 Å². The molecule has 0 atom stereocenters. The Labute approximate surface area is 147 Å². The van der Waals surface area contributed by atoms with Crippen LogP contribution < -0.4 is 9.62 Å². The van der Waals surface area contributed by atoms with Crippen molar-refractivity contribution in [2.75, 3.05) is 9.62 Å². The highest BCUT2D eigenvalue weighted by atomic mass is 32.2. The zero-order chi connectivity index (χ0) is 17.4. The van der Waals surface area contributed by atoms with Crippen LogP contribution in [0, 0.1) is 0 Å². The highest BCUT2D eigenvalue weighted by molar-refractivity contribution is 7.93. The monoisotopic (exact) mass is 356 g/mol. The predicted octanol–water partition coefficient (Wildman–Crippen LogP) is 3.07. The first-order valence-corrected chi connectivity index (χ1v) is 10.1. The lowest BCUT2D eigenvalue weighted by atomic mass is 10.00. The van der Waals surface area contributed by atoms with Crippen molar-refractivity contribution in [1.29, 1.82) is 0 Å². The molecule has 1 fully saturated rings. The minimum atomic E-state index is -3.27. The molecule has 2 aromatic carbocycles. The molecule has 0 aromatic heterocycles. The molecule has 0 unspecified atom stereocenters. The largest absolute Gasteiger partial charge is 0.308 e. The summed E-state index contributed by atoms with van der Waals surface area (Å²) in [6.07, 6.45) is 2.55. The molecule has 1 heterocycles. The zero-order valence-corrected chi connectivity index (χ0v) is 14.6. The Hall–Kier alpha value is -2.34. The number of hydrogen-bond donors (Lipinski definition) is 1. The summed E-state index contributed by atoms with van der Waals surface area (Å²) in [7, 11) is -3.27. The minimum Gasteiger partial charge on any atom is -0.308 e. The normalized spacial score (nSPS) is 17.3. The maximum Gasteiger partial charge on any atom is 0.235 e. The summed E-state index contributed by atoms with van der Waals surface area (Å²) < 4.78 is 26.9. The van der Waals surface area contributed by atoms with E-state index in [0.717, 1.165) is 29.7 Å². The highest BCUT2D eigenvalue weighted by Crippen LogP contribution is 2.34. The van der Waals surface area contributed by atoms with Crippen molar-refractivity contribution in [3.8, 4) is 0 Å². The van der Waals surface area contributed by atoms with Gasteiger partial charge >= 0.3 is 0 Å². The quantitative estimate of drug-likeness (QED) is 0.895. The van der Waals surface area contributed by atoms with Gasteiger partial charge in [-0.05, 0) is 48.6 Å². The molecular formula is C19H20N2O3S. The van der Waals surface area contributed by atoms with Gasteiger partial charge in [-0.25, -0.2) is 8.42 Å². The van der Waals surface area contributed by atoms with Crippen molar-refractivity contribution >= 4 is 27.3 Å². The topological polar surface area (TPSA) is 66.5 Å². The Morgan fingerprint density at radius 1 is 1.04 bits per heavy atom. The summed E-state index contributed by atoms with van der Waals surface area (Å²) in [6, 6.07) is 15.3. The molecule has 4 rings (SSSR count). The lowest BCUT2D eigenvalue weighted by molar-refractivity contribution is -0.119. The number of rotatable bonds is 5. The van der Waals surface area contributed by atoms with Gasteiger partial charge in [-0.3, -0.25) is 9.52 Å². The summed E-state index contributed by atoms with van der Waals surface area (Å²) in [5, 5.41) is -0.250. The van der Waals surface area contributed by atoms with E-state index in [2.05, 4.69) is 4.72 Å². The first kappa shape index (κ1) is 16.1. The zero-order valence-electron chi connectivity index (χ0n) is 13.8. The van der Waals surface area contributed by atoms with Crippen LogP contribution in [-0.2, 0) is 27.8 Å². The molecule has 2 aromatic rings. The fraction of sp³-hybridized carbons (Fsp3) is 0.316. The molecule has 1 N–H and O–H groups in total. The third-order valence-corrected chi connectivity index (χ3v) is 6.56. The van der Waals surface area contributed by atoms with E-state index < -0.39 is 10.0 Å². The van der Waals surface area contributed by atoms with Crippen LogP contribution in [-0.4, -0.2) is 19.6 Å². The van der Waals surface area contributed by atoms with Gasteiger partial charge in [0.2, 0.25) is 15.9 Å². The standard InChI is InChI=1S/C19H20N2O3S/c22-19-11-6-15-12-16(20-25(23,24)17-8-9-17)7-10-18(15)21(19)13-14-4-2-1-3-5-14/h1-5,7,10,12,17,20H,6,8-9,11,13H2. The van der Waals surface area contributed by atoms with Gasteiger partial charge in [-0.15, -0.1) is 0 Å². The maximum atomic E-state index is 12.4.